The van der Waals surface area contributed by atoms with Crippen molar-refractivity contribution in [1.82, 2.24) is 9.61 Å². The van der Waals surface area contributed by atoms with Gasteiger partial charge in [0, 0.05) is 20.9 Å². The molecular weight excluding hydrogens is 385 g/mol. The van der Waals surface area contributed by atoms with Gasteiger partial charge in [-0.05, 0) is 72.7 Å². The fraction of sp³-hybridized carbons (Fsp3) is 0.222. The third-order valence-electron chi connectivity index (χ3n) is 4.05. The number of aliphatic imine (C=N–C) groups is 1. The molecule has 0 spiro atoms. The summed E-state index contributed by atoms with van der Waals surface area (Å²) in [4.78, 5) is 5.02. The lowest BCUT2D eigenvalue weighted by molar-refractivity contribution is 0.512. The van der Waals surface area contributed by atoms with E-state index in [2.05, 4.69) is 71.9 Å². The van der Waals surface area contributed by atoms with Crippen LogP contribution in [0.5, 0.6) is 0 Å². The van der Waals surface area contributed by atoms with Crippen molar-refractivity contribution in [1.29, 1.82) is 0 Å². The van der Waals surface area contributed by atoms with Crippen molar-refractivity contribution in [2.24, 2.45) is 4.99 Å². The molecule has 3 heterocycles. The third kappa shape index (κ3) is 2.26. The van der Waals surface area contributed by atoms with Gasteiger partial charge in [-0.25, -0.2) is 4.52 Å². The van der Waals surface area contributed by atoms with Gasteiger partial charge in [0.1, 0.15) is 0 Å². The molecule has 4 rings (SSSR count). The normalized spacial score (nSPS) is 16.4. The lowest BCUT2D eigenvalue weighted by Gasteiger charge is -2.30. The molecule has 3 nitrogen and oxygen atoms in total. The Kier molecular flexibility index (Phi) is 3.11. The predicted octanol–water partition coefficient (Wildman–Crippen LogP) is 4.11. The highest BCUT2D eigenvalue weighted by Crippen LogP contribution is 2.32. The zero-order chi connectivity index (χ0) is 15.3. The molecule has 0 saturated carbocycles. The molecule has 1 aromatic carbocycles. The van der Waals surface area contributed by atoms with Crippen LogP contribution >= 0.6 is 22.6 Å². The standard InChI is InChI=1S/C18H16IN3/c1-18(2)10-15-14(6-3-7-16(15)19)17(21-18)12-9-13-5-4-8-22(13)20-11-12/h3-9,11H,10H2,1-2H3. The predicted molar refractivity (Wildman–Crippen MR) is 97.8 cm³/mol. The summed E-state index contributed by atoms with van der Waals surface area (Å²) in [5, 5.41) is 4.49. The SMILES string of the molecule is CC1(C)Cc2c(I)cccc2C(c2cnn3cccc3c2)=N1. The number of rotatable bonds is 1. The van der Waals surface area contributed by atoms with Gasteiger partial charge in [-0.2, -0.15) is 5.10 Å². The van der Waals surface area contributed by atoms with Gasteiger partial charge in [0.25, 0.3) is 0 Å². The molecule has 0 unspecified atom stereocenters. The maximum atomic E-state index is 5.02. The van der Waals surface area contributed by atoms with Gasteiger partial charge in [0.05, 0.1) is 23.0 Å². The van der Waals surface area contributed by atoms with Crippen LogP contribution in [-0.4, -0.2) is 20.9 Å². The van der Waals surface area contributed by atoms with E-state index >= 15 is 0 Å². The zero-order valence-corrected chi connectivity index (χ0v) is 14.7. The van der Waals surface area contributed by atoms with E-state index in [-0.39, 0.29) is 5.54 Å². The lowest BCUT2D eigenvalue weighted by atomic mass is 9.85. The Morgan fingerprint density at radius 3 is 2.91 bits per heavy atom. The molecule has 0 amide bonds. The summed E-state index contributed by atoms with van der Waals surface area (Å²) in [6.07, 6.45) is 4.85. The van der Waals surface area contributed by atoms with Crippen molar-refractivity contribution in [2.45, 2.75) is 25.8 Å². The van der Waals surface area contributed by atoms with Crippen molar-refractivity contribution in [3.8, 4) is 0 Å². The van der Waals surface area contributed by atoms with Crippen molar-refractivity contribution in [3.63, 3.8) is 0 Å². The molecule has 22 heavy (non-hydrogen) atoms. The first-order valence-electron chi connectivity index (χ1n) is 7.35. The largest absolute Gasteiger partial charge is 0.278 e. The summed E-state index contributed by atoms with van der Waals surface area (Å²) in [5.41, 5.74) is 5.79. The van der Waals surface area contributed by atoms with Crippen molar-refractivity contribution in [3.05, 3.63) is 69.1 Å². The molecule has 0 fully saturated rings. The van der Waals surface area contributed by atoms with Gasteiger partial charge in [0.15, 0.2) is 0 Å². The summed E-state index contributed by atoms with van der Waals surface area (Å²) in [6, 6.07) is 12.7. The number of benzene rings is 1. The first-order valence-corrected chi connectivity index (χ1v) is 8.43. The topological polar surface area (TPSA) is 29.7 Å². The second-order valence-electron chi connectivity index (χ2n) is 6.34. The Bertz CT molecular complexity index is 906. The minimum atomic E-state index is -0.0856. The molecule has 1 aliphatic heterocycles. The van der Waals surface area contributed by atoms with E-state index in [1.165, 1.54) is 14.7 Å². The van der Waals surface area contributed by atoms with Crippen LogP contribution in [0.1, 0.15) is 30.5 Å². The fourth-order valence-corrected chi connectivity index (χ4v) is 3.76. The molecule has 1 aliphatic rings. The highest BCUT2D eigenvalue weighted by atomic mass is 127. The Labute approximate surface area is 143 Å². The second kappa shape index (κ2) is 4.91. The minimum absolute atomic E-state index is 0.0856. The zero-order valence-electron chi connectivity index (χ0n) is 12.5. The molecule has 3 aromatic rings. The van der Waals surface area contributed by atoms with E-state index in [9.17, 15) is 0 Å². The lowest BCUT2D eigenvalue weighted by Crippen LogP contribution is -2.30. The number of aromatic nitrogens is 2. The van der Waals surface area contributed by atoms with Crippen LogP contribution in [0.2, 0.25) is 0 Å². The van der Waals surface area contributed by atoms with E-state index in [1.54, 1.807) is 0 Å². The van der Waals surface area contributed by atoms with Crippen LogP contribution in [0.15, 0.2) is 53.8 Å². The maximum absolute atomic E-state index is 5.02. The molecular formula is C18H16IN3. The van der Waals surface area contributed by atoms with Gasteiger partial charge in [-0.1, -0.05) is 12.1 Å². The highest BCUT2D eigenvalue weighted by Gasteiger charge is 2.28. The third-order valence-corrected chi connectivity index (χ3v) is 5.07. The van der Waals surface area contributed by atoms with Gasteiger partial charge in [-0.15, -0.1) is 0 Å². The molecule has 0 bridgehead atoms. The van der Waals surface area contributed by atoms with Gasteiger partial charge >= 0.3 is 0 Å². The van der Waals surface area contributed by atoms with Gasteiger partial charge < -0.3 is 0 Å². The average Bonchev–Trinajstić information content (AvgIpc) is 2.94. The monoisotopic (exact) mass is 401 g/mol. The smallest absolute Gasteiger partial charge is 0.0745 e. The molecule has 4 heteroatoms. The molecule has 0 radical (unpaired) electrons. The number of hydrogen-bond donors (Lipinski definition) is 0. The molecule has 0 aliphatic carbocycles. The first kappa shape index (κ1) is 13.9. The maximum Gasteiger partial charge on any atom is 0.0745 e. The number of fused-ring (bicyclic) bond motifs is 2. The molecule has 0 saturated heterocycles. The average molecular weight is 401 g/mol. The van der Waals surface area contributed by atoms with E-state index < -0.39 is 0 Å². The molecule has 0 N–H and O–H groups in total. The van der Waals surface area contributed by atoms with Gasteiger partial charge in [0.2, 0.25) is 0 Å². The van der Waals surface area contributed by atoms with Crippen molar-refractivity contribution < 1.29 is 0 Å². The molecule has 0 atom stereocenters. The van der Waals surface area contributed by atoms with Crippen LogP contribution in [-0.2, 0) is 6.42 Å². The number of halogens is 1. The Balaban J connectivity index is 1.96. The van der Waals surface area contributed by atoms with E-state index in [0.717, 1.165) is 23.2 Å². The highest BCUT2D eigenvalue weighted by molar-refractivity contribution is 14.1. The summed E-state index contributed by atoms with van der Waals surface area (Å²) >= 11 is 2.43. The second-order valence-corrected chi connectivity index (χ2v) is 7.50. The molecule has 2 aromatic heterocycles. The quantitative estimate of drug-likeness (QED) is 0.565. The van der Waals surface area contributed by atoms with Crippen LogP contribution in [0.25, 0.3) is 5.52 Å². The molecule has 110 valence electrons. The first-order chi connectivity index (χ1) is 10.5. The summed E-state index contributed by atoms with van der Waals surface area (Å²) in [7, 11) is 0. The Morgan fingerprint density at radius 1 is 1.18 bits per heavy atom. The number of nitrogens with zero attached hydrogens (tertiary/aromatic N) is 3. The fourth-order valence-electron chi connectivity index (χ4n) is 3.07. The van der Waals surface area contributed by atoms with E-state index in [4.69, 9.17) is 4.99 Å². The Morgan fingerprint density at radius 2 is 2.05 bits per heavy atom. The van der Waals surface area contributed by atoms with Crippen molar-refractivity contribution >= 4 is 33.8 Å². The van der Waals surface area contributed by atoms with Gasteiger partial charge in [-0.3, -0.25) is 4.99 Å². The van der Waals surface area contributed by atoms with Crippen LogP contribution in [0.3, 0.4) is 0 Å². The van der Waals surface area contributed by atoms with Crippen molar-refractivity contribution in [2.75, 3.05) is 0 Å². The summed E-state index contributed by atoms with van der Waals surface area (Å²) < 4.78 is 3.19. The van der Waals surface area contributed by atoms with E-state index in [0.29, 0.717) is 0 Å². The van der Waals surface area contributed by atoms with E-state index in [1.807, 2.05) is 23.0 Å². The van der Waals surface area contributed by atoms with Crippen LogP contribution in [0.4, 0.5) is 0 Å². The van der Waals surface area contributed by atoms with Crippen LogP contribution < -0.4 is 0 Å². The minimum Gasteiger partial charge on any atom is -0.278 e. The summed E-state index contributed by atoms with van der Waals surface area (Å²) in [6.45, 7) is 4.39. The number of hydrogen-bond acceptors (Lipinski definition) is 2. The summed E-state index contributed by atoms with van der Waals surface area (Å²) in [5.74, 6) is 0. The Hall–Kier alpha value is -1.69. The van der Waals surface area contributed by atoms with Crippen LogP contribution in [0, 0.1) is 3.57 Å².